The van der Waals surface area contributed by atoms with Crippen LogP contribution < -0.4 is 10.1 Å². The molecule has 1 aliphatic rings. The van der Waals surface area contributed by atoms with Gasteiger partial charge in [0.05, 0.1) is 54.0 Å². The Morgan fingerprint density at radius 1 is 0.796 bits per heavy atom. The van der Waals surface area contributed by atoms with Gasteiger partial charge in [-0.05, 0) is 95.9 Å². The quantitative estimate of drug-likeness (QED) is 0.0565. The maximum Gasteiger partial charge on any atom is 0.336 e. The topological polar surface area (TPSA) is 94.6 Å². The van der Waals surface area contributed by atoms with E-state index in [4.69, 9.17) is 26.4 Å². The number of benzene rings is 2. The van der Waals surface area contributed by atoms with E-state index in [1.165, 1.54) is 70.6 Å². The minimum absolute atomic E-state index is 0.129. The number of esters is 2. The first-order valence-electron chi connectivity index (χ1n) is 20.6. The van der Waals surface area contributed by atoms with Crippen molar-refractivity contribution in [2.24, 2.45) is 0 Å². The van der Waals surface area contributed by atoms with Crippen LogP contribution in [0.5, 0.6) is 5.75 Å². The van der Waals surface area contributed by atoms with Crippen molar-refractivity contribution in [1.82, 2.24) is 14.9 Å². The van der Waals surface area contributed by atoms with Gasteiger partial charge >= 0.3 is 11.9 Å². The minimum Gasteiger partial charge on any atom is -0.491 e. The Morgan fingerprint density at radius 2 is 1.39 bits per heavy atom. The fourth-order valence-corrected chi connectivity index (χ4v) is 7.93. The van der Waals surface area contributed by atoms with Crippen LogP contribution in [0, 0.1) is 11.7 Å². The average Bonchev–Trinajstić information content (AvgIpc) is 3.43. The molecule has 2 aromatic carbocycles. The number of H-pyrrole nitrogens is 1. The molecule has 4 rings (SSSR count). The first-order valence-corrected chi connectivity index (χ1v) is 21.0. The zero-order valence-electron chi connectivity index (χ0n) is 34.0. The van der Waals surface area contributed by atoms with Crippen LogP contribution in [0.4, 0.5) is 0 Å². The van der Waals surface area contributed by atoms with E-state index in [-0.39, 0.29) is 25.9 Å². The molecule has 0 saturated carbocycles. The van der Waals surface area contributed by atoms with E-state index < -0.39 is 17.9 Å². The number of hydrogen-bond donors (Lipinski definition) is 2. The van der Waals surface area contributed by atoms with Gasteiger partial charge in [0.1, 0.15) is 5.75 Å². The molecule has 0 saturated heterocycles. The van der Waals surface area contributed by atoms with Crippen LogP contribution in [-0.2, 0) is 32.0 Å². The SMILES string of the molecule is CCCCCCCCCCCCCCCc1cccc(OC(C)C)c1C1C(C(=O)OCC)=C(C)NC(Cn2c(=S)[nH]c3cc(C)ccc32)=C1C(=O)OCC. The zero-order chi connectivity index (χ0) is 39.0. The fourth-order valence-electron chi connectivity index (χ4n) is 7.66. The summed E-state index contributed by atoms with van der Waals surface area (Å²) >= 11 is 5.82. The molecular formula is C45H65N3O5S. The van der Waals surface area contributed by atoms with Crippen molar-refractivity contribution in [3.8, 4) is 5.75 Å². The number of fused-ring (bicyclic) bond motifs is 1. The number of rotatable bonds is 23. The summed E-state index contributed by atoms with van der Waals surface area (Å²) < 4.78 is 20.5. The molecule has 0 fully saturated rings. The predicted molar refractivity (Wildman–Crippen MR) is 222 cm³/mol. The van der Waals surface area contributed by atoms with Gasteiger partial charge in [0.25, 0.3) is 0 Å². The lowest BCUT2D eigenvalue weighted by atomic mass is 9.77. The second kappa shape index (κ2) is 21.9. The van der Waals surface area contributed by atoms with Crippen molar-refractivity contribution in [3.63, 3.8) is 0 Å². The highest BCUT2D eigenvalue weighted by atomic mass is 32.1. The number of aryl methyl sites for hydroxylation is 2. The van der Waals surface area contributed by atoms with Crippen LogP contribution in [0.25, 0.3) is 11.0 Å². The van der Waals surface area contributed by atoms with Crippen LogP contribution >= 0.6 is 12.2 Å². The standard InChI is InChI=1S/C45H65N3O5S/c1-8-11-12-13-14-15-16-17-18-19-20-21-22-24-34-25-23-26-38(53-31(4)5)40(34)42-39(43(49)51-9-2)33(7)46-36(41(42)44(50)52-10-3)30-48-37-28-27-32(6)29-35(37)47-45(48)54/h23,25-29,31,42,46H,8-22,24,30H2,1-7H3,(H,47,54). The first-order chi connectivity index (χ1) is 26.1. The van der Waals surface area contributed by atoms with Crippen molar-refractivity contribution in [2.75, 3.05) is 13.2 Å². The Hall–Kier alpha value is -3.85. The number of carbonyl (C=O) groups is 2. The Bertz CT molecular complexity index is 1820. The minimum atomic E-state index is -0.784. The number of nitrogens with zero attached hydrogens (tertiary/aromatic N) is 1. The summed E-state index contributed by atoms with van der Waals surface area (Å²) in [5.41, 5.74) is 6.80. The van der Waals surface area contributed by atoms with Crippen molar-refractivity contribution in [3.05, 3.63) is 80.4 Å². The van der Waals surface area contributed by atoms with Crippen molar-refractivity contribution < 1.29 is 23.8 Å². The molecule has 1 unspecified atom stereocenters. The van der Waals surface area contributed by atoms with Crippen LogP contribution in [0.15, 0.2) is 58.9 Å². The Balaban J connectivity index is 1.69. The number of unbranched alkanes of at least 4 members (excludes halogenated alkanes) is 12. The van der Waals surface area contributed by atoms with Gasteiger partial charge in [-0.1, -0.05) is 102 Å². The molecule has 54 heavy (non-hydrogen) atoms. The number of allylic oxidation sites excluding steroid dienone is 2. The third-order valence-corrected chi connectivity index (χ3v) is 10.6. The van der Waals surface area contributed by atoms with Gasteiger partial charge in [0, 0.05) is 17.0 Å². The summed E-state index contributed by atoms with van der Waals surface area (Å²) in [5.74, 6) is -1.10. The van der Waals surface area contributed by atoms with Crippen LogP contribution in [-0.4, -0.2) is 40.8 Å². The highest BCUT2D eigenvalue weighted by molar-refractivity contribution is 7.71. The molecule has 0 aliphatic carbocycles. The molecule has 1 atom stereocenters. The van der Waals surface area contributed by atoms with Crippen molar-refractivity contribution in [1.29, 1.82) is 0 Å². The maximum absolute atomic E-state index is 14.3. The number of nitrogens with one attached hydrogen (secondary N) is 2. The highest BCUT2D eigenvalue weighted by Gasteiger charge is 2.41. The van der Waals surface area contributed by atoms with Crippen molar-refractivity contribution in [2.45, 2.75) is 157 Å². The number of ether oxygens (including phenoxy) is 3. The molecule has 2 N–H and O–H groups in total. The monoisotopic (exact) mass is 759 g/mol. The van der Waals surface area contributed by atoms with Gasteiger partial charge in [0.15, 0.2) is 4.77 Å². The number of hydrogen-bond acceptors (Lipinski definition) is 7. The molecule has 0 bridgehead atoms. The van der Waals surface area contributed by atoms with Crippen LogP contribution in [0.3, 0.4) is 0 Å². The average molecular weight is 760 g/mol. The van der Waals surface area contributed by atoms with Crippen molar-refractivity contribution >= 4 is 35.2 Å². The van der Waals surface area contributed by atoms with Gasteiger partial charge in [-0.25, -0.2) is 9.59 Å². The molecule has 3 aromatic rings. The third-order valence-electron chi connectivity index (χ3n) is 10.2. The molecule has 9 heteroatoms. The van der Waals surface area contributed by atoms with Gasteiger partial charge in [0.2, 0.25) is 0 Å². The van der Waals surface area contributed by atoms with E-state index in [9.17, 15) is 9.59 Å². The molecular weight excluding hydrogens is 695 g/mol. The summed E-state index contributed by atoms with van der Waals surface area (Å²) in [7, 11) is 0. The van der Waals surface area contributed by atoms with E-state index in [0.717, 1.165) is 47.0 Å². The Kier molecular flexibility index (Phi) is 17.4. The molecule has 1 aliphatic heterocycles. The Morgan fingerprint density at radius 3 is 1.98 bits per heavy atom. The van der Waals surface area contributed by atoms with Gasteiger partial charge in [-0.15, -0.1) is 0 Å². The second-order valence-electron chi connectivity index (χ2n) is 15.0. The first kappa shape index (κ1) is 42.9. The van der Waals surface area contributed by atoms with Gasteiger partial charge in [-0.2, -0.15) is 0 Å². The maximum atomic E-state index is 14.3. The number of imidazole rings is 1. The zero-order valence-corrected chi connectivity index (χ0v) is 34.9. The lowest BCUT2D eigenvalue weighted by molar-refractivity contribution is -0.139. The van der Waals surface area contributed by atoms with Gasteiger partial charge in [-0.3, -0.25) is 0 Å². The van der Waals surface area contributed by atoms with Crippen LogP contribution in [0.1, 0.15) is 148 Å². The number of aromatic nitrogens is 2. The molecule has 0 radical (unpaired) electrons. The molecule has 1 aromatic heterocycles. The van der Waals surface area contributed by atoms with E-state index in [1.807, 2.05) is 56.5 Å². The van der Waals surface area contributed by atoms with E-state index in [2.05, 4.69) is 29.4 Å². The highest BCUT2D eigenvalue weighted by Crippen LogP contribution is 2.45. The normalized spacial score (nSPS) is 14.6. The third kappa shape index (κ3) is 11.6. The summed E-state index contributed by atoms with van der Waals surface area (Å²) in [6, 6.07) is 12.2. The summed E-state index contributed by atoms with van der Waals surface area (Å²) in [6.07, 6.45) is 17.3. The lowest BCUT2D eigenvalue weighted by Crippen LogP contribution is -2.35. The number of aromatic amines is 1. The molecule has 8 nitrogen and oxygen atoms in total. The lowest BCUT2D eigenvalue weighted by Gasteiger charge is -2.34. The van der Waals surface area contributed by atoms with E-state index in [1.54, 1.807) is 13.8 Å². The number of carbonyl (C=O) groups excluding carboxylic acids is 2. The predicted octanol–water partition coefficient (Wildman–Crippen LogP) is 11.5. The molecule has 2 heterocycles. The second-order valence-corrected chi connectivity index (χ2v) is 15.3. The van der Waals surface area contributed by atoms with Gasteiger partial charge < -0.3 is 29.1 Å². The molecule has 0 spiro atoms. The summed E-state index contributed by atoms with van der Waals surface area (Å²) in [6.45, 7) is 14.4. The fraction of sp³-hybridized carbons (Fsp3) is 0.578. The van der Waals surface area contributed by atoms with Crippen LogP contribution in [0.2, 0.25) is 0 Å². The van der Waals surface area contributed by atoms with E-state index >= 15 is 0 Å². The van der Waals surface area contributed by atoms with E-state index in [0.29, 0.717) is 33.1 Å². The number of dihydropyridines is 1. The molecule has 0 amide bonds. The summed E-state index contributed by atoms with van der Waals surface area (Å²) in [5, 5.41) is 3.45. The largest absolute Gasteiger partial charge is 0.491 e. The summed E-state index contributed by atoms with van der Waals surface area (Å²) in [4.78, 5) is 31.6. The molecule has 296 valence electrons. The smallest absolute Gasteiger partial charge is 0.336 e. The Labute approximate surface area is 329 Å².